The van der Waals surface area contributed by atoms with Gasteiger partial charge in [-0.2, -0.15) is 0 Å². The van der Waals surface area contributed by atoms with Gasteiger partial charge in [0.05, 0.1) is 14.2 Å². The van der Waals surface area contributed by atoms with Crippen LogP contribution in [0.1, 0.15) is 30.9 Å². The summed E-state index contributed by atoms with van der Waals surface area (Å²) in [5, 5.41) is 3.56. The molecule has 158 valence electrons. The Bertz CT molecular complexity index is 660. The van der Waals surface area contributed by atoms with Crippen molar-refractivity contribution in [1.82, 2.24) is 15.1 Å². The minimum absolute atomic E-state index is 0. The van der Waals surface area contributed by atoms with Crippen molar-refractivity contribution in [3.63, 3.8) is 0 Å². The van der Waals surface area contributed by atoms with Crippen LogP contribution in [0, 0.1) is 5.92 Å². The molecular formula is C21H35IN4O2. The Morgan fingerprint density at radius 2 is 1.75 bits per heavy atom. The van der Waals surface area contributed by atoms with E-state index in [0.29, 0.717) is 0 Å². The highest BCUT2D eigenvalue weighted by Gasteiger charge is 2.21. The van der Waals surface area contributed by atoms with Crippen molar-refractivity contribution >= 4 is 29.9 Å². The predicted octanol–water partition coefficient (Wildman–Crippen LogP) is 2.99. The largest absolute Gasteiger partial charge is 0.493 e. The molecule has 0 radical (unpaired) electrons. The van der Waals surface area contributed by atoms with Crippen LogP contribution in [-0.2, 0) is 13.0 Å². The maximum atomic E-state index is 5.46. The molecule has 1 saturated heterocycles. The van der Waals surface area contributed by atoms with E-state index in [1.807, 2.05) is 7.05 Å². The summed E-state index contributed by atoms with van der Waals surface area (Å²) in [6.45, 7) is 8.52. The molecule has 0 bridgehead atoms. The van der Waals surface area contributed by atoms with Gasteiger partial charge < -0.3 is 19.7 Å². The van der Waals surface area contributed by atoms with E-state index in [4.69, 9.17) is 9.47 Å². The molecule has 1 N–H and O–H groups in total. The van der Waals surface area contributed by atoms with Crippen LogP contribution >= 0.6 is 24.0 Å². The number of likely N-dealkylation sites (tertiary alicyclic amines) is 1. The summed E-state index contributed by atoms with van der Waals surface area (Å²) in [4.78, 5) is 9.36. The fourth-order valence-electron chi connectivity index (χ4n) is 4.01. The molecule has 2 aliphatic rings. The zero-order valence-electron chi connectivity index (χ0n) is 17.7. The number of aliphatic imine (C=N–C) groups is 1. The van der Waals surface area contributed by atoms with Crippen molar-refractivity contribution in [2.75, 3.05) is 54.0 Å². The molecule has 0 amide bonds. The average molecular weight is 502 g/mol. The Labute approximate surface area is 186 Å². The third-order valence-corrected chi connectivity index (χ3v) is 5.80. The first-order chi connectivity index (χ1) is 13.1. The molecule has 0 spiro atoms. The molecule has 0 atom stereocenters. The second-order valence-corrected chi connectivity index (χ2v) is 7.65. The summed E-state index contributed by atoms with van der Waals surface area (Å²) in [7, 11) is 5.28. The third-order valence-electron chi connectivity index (χ3n) is 5.80. The Hall–Kier alpha value is -1.22. The van der Waals surface area contributed by atoms with Crippen molar-refractivity contribution < 1.29 is 9.47 Å². The van der Waals surface area contributed by atoms with E-state index in [-0.39, 0.29) is 24.0 Å². The number of benzene rings is 1. The van der Waals surface area contributed by atoms with Crippen LogP contribution in [0.3, 0.4) is 0 Å². The van der Waals surface area contributed by atoms with Gasteiger partial charge >= 0.3 is 0 Å². The lowest BCUT2D eigenvalue weighted by Crippen LogP contribution is -2.47. The molecular weight excluding hydrogens is 467 g/mol. The van der Waals surface area contributed by atoms with Gasteiger partial charge in [0.1, 0.15) is 0 Å². The SMILES string of the molecule is CN=C(NCCN1CCc2cc(OC)c(OC)cc2C1)N1CCC(C)CC1.I. The number of rotatable bonds is 5. The topological polar surface area (TPSA) is 49.3 Å². The van der Waals surface area contributed by atoms with E-state index in [1.165, 1.54) is 24.0 Å². The predicted molar refractivity (Wildman–Crippen MR) is 125 cm³/mol. The lowest BCUT2D eigenvalue weighted by molar-refractivity contribution is 0.249. The Balaban J connectivity index is 0.00000280. The molecule has 6 nitrogen and oxygen atoms in total. The first-order valence-corrected chi connectivity index (χ1v) is 10.1. The minimum Gasteiger partial charge on any atom is -0.493 e. The highest BCUT2D eigenvalue weighted by Crippen LogP contribution is 2.33. The number of fused-ring (bicyclic) bond motifs is 1. The molecule has 2 aliphatic heterocycles. The van der Waals surface area contributed by atoms with Gasteiger partial charge in [-0.15, -0.1) is 24.0 Å². The zero-order chi connectivity index (χ0) is 19.2. The summed E-state index contributed by atoms with van der Waals surface area (Å²) in [5.74, 6) is 3.52. The maximum absolute atomic E-state index is 5.46. The number of guanidine groups is 1. The van der Waals surface area contributed by atoms with Gasteiger partial charge in [-0.3, -0.25) is 9.89 Å². The number of methoxy groups -OCH3 is 2. The Kier molecular flexibility index (Phi) is 9.14. The molecule has 28 heavy (non-hydrogen) atoms. The van der Waals surface area contributed by atoms with Crippen LogP contribution in [0.5, 0.6) is 11.5 Å². The van der Waals surface area contributed by atoms with Gasteiger partial charge in [0, 0.05) is 46.3 Å². The number of nitrogens with one attached hydrogen (secondary N) is 1. The summed E-state index contributed by atoms with van der Waals surface area (Å²) >= 11 is 0. The molecule has 0 saturated carbocycles. The quantitative estimate of drug-likeness (QED) is 0.381. The standard InChI is InChI=1S/C21H34N4O2.HI/c1-16-5-10-25(11-6-16)21(22-2)23-8-12-24-9-7-17-13-19(26-3)20(27-4)14-18(17)15-24;/h13-14,16H,5-12,15H2,1-4H3,(H,22,23);1H. The molecule has 0 aromatic heterocycles. The van der Waals surface area contributed by atoms with Gasteiger partial charge in [-0.25, -0.2) is 0 Å². The number of piperidine rings is 1. The lowest BCUT2D eigenvalue weighted by Gasteiger charge is -2.34. The second kappa shape index (κ2) is 11.1. The molecule has 0 aliphatic carbocycles. The number of hydrogen-bond donors (Lipinski definition) is 1. The molecule has 0 unspecified atom stereocenters. The highest BCUT2D eigenvalue weighted by atomic mass is 127. The van der Waals surface area contributed by atoms with Crippen molar-refractivity contribution in [2.24, 2.45) is 10.9 Å². The van der Waals surface area contributed by atoms with Crippen LogP contribution in [0.2, 0.25) is 0 Å². The third kappa shape index (κ3) is 5.65. The van der Waals surface area contributed by atoms with Crippen molar-refractivity contribution in [3.05, 3.63) is 23.3 Å². The van der Waals surface area contributed by atoms with Gasteiger partial charge in [0.15, 0.2) is 17.5 Å². The van der Waals surface area contributed by atoms with Gasteiger partial charge in [-0.1, -0.05) is 6.92 Å². The molecule has 2 heterocycles. The zero-order valence-corrected chi connectivity index (χ0v) is 20.0. The molecule has 1 fully saturated rings. The summed E-state index contributed by atoms with van der Waals surface area (Å²) < 4.78 is 10.9. The lowest BCUT2D eigenvalue weighted by atomic mass is 9.99. The Morgan fingerprint density at radius 3 is 2.36 bits per heavy atom. The Morgan fingerprint density at radius 1 is 1.11 bits per heavy atom. The second-order valence-electron chi connectivity index (χ2n) is 7.65. The van der Waals surface area contributed by atoms with E-state index in [9.17, 15) is 0 Å². The summed E-state index contributed by atoms with van der Waals surface area (Å²) in [6.07, 6.45) is 3.57. The van der Waals surface area contributed by atoms with Crippen molar-refractivity contribution in [2.45, 2.75) is 32.7 Å². The van der Waals surface area contributed by atoms with Gasteiger partial charge in [0.2, 0.25) is 0 Å². The van der Waals surface area contributed by atoms with Crippen LogP contribution < -0.4 is 14.8 Å². The number of nitrogens with zero attached hydrogens (tertiary/aromatic N) is 3. The monoisotopic (exact) mass is 502 g/mol. The number of ether oxygens (including phenoxy) is 2. The van der Waals surface area contributed by atoms with E-state index in [1.54, 1.807) is 14.2 Å². The molecule has 7 heteroatoms. The van der Waals surface area contributed by atoms with Crippen LogP contribution in [0.25, 0.3) is 0 Å². The normalized spacial score (nSPS) is 18.3. The highest BCUT2D eigenvalue weighted by molar-refractivity contribution is 14.0. The van der Waals surface area contributed by atoms with Gasteiger partial charge in [0.25, 0.3) is 0 Å². The number of halogens is 1. The first-order valence-electron chi connectivity index (χ1n) is 10.1. The fraction of sp³-hybridized carbons (Fsp3) is 0.667. The minimum atomic E-state index is 0. The van der Waals surface area contributed by atoms with Crippen LogP contribution in [0.15, 0.2) is 17.1 Å². The maximum Gasteiger partial charge on any atom is 0.193 e. The van der Waals surface area contributed by atoms with E-state index >= 15 is 0 Å². The fourth-order valence-corrected chi connectivity index (χ4v) is 4.01. The van der Waals surface area contributed by atoms with E-state index < -0.39 is 0 Å². The van der Waals surface area contributed by atoms with Crippen LogP contribution in [-0.4, -0.2) is 69.8 Å². The van der Waals surface area contributed by atoms with E-state index in [2.05, 4.69) is 39.2 Å². The molecule has 3 rings (SSSR count). The average Bonchev–Trinajstić information content (AvgIpc) is 2.71. The number of hydrogen-bond acceptors (Lipinski definition) is 4. The van der Waals surface area contributed by atoms with Crippen LogP contribution in [0.4, 0.5) is 0 Å². The molecule has 1 aromatic rings. The molecule has 1 aromatic carbocycles. The first kappa shape index (κ1) is 23.1. The van der Waals surface area contributed by atoms with Crippen molar-refractivity contribution in [1.29, 1.82) is 0 Å². The summed E-state index contributed by atoms with van der Waals surface area (Å²) in [6, 6.07) is 4.25. The smallest absolute Gasteiger partial charge is 0.193 e. The van der Waals surface area contributed by atoms with Crippen molar-refractivity contribution in [3.8, 4) is 11.5 Å². The summed E-state index contributed by atoms with van der Waals surface area (Å²) in [5.41, 5.74) is 2.71. The van der Waals surface area contributed by atoms with E-state index in [0.717, 1.165) is 69.1 Å². The van der Waals surface area contributed by atoms with Gasteiger partial charge in [-0.05, 0) is 48.4 Å².